The molecule has 4 aliphatic rings. The van der Waals surface area contributed by atoms with Crippen LogP contribution in [0.15, 0.2) is 16.8 Å². The highest BCUT2D eigenvalue weighted by Crippen LogP contribution is 2.66. The van der Waals surface area contributed by atoms with Crippen LogP contribution in [0.2, 0.25) is 0 Å². The summed E-state index contributed by atoms with van der Waals surface area (Å²) in [4.78, 5) is 20.8. The molecular formula is C34H63N5O3+2. The summed E-state index contributed by atoms with van der Waals surface area (Å²) in [6, 6.07) is 0. The van der Waals surface area contributed by atoms with Crippen LogP contribution in [0.25, 0.3) is 0 Å². The first kappa shape index (κ1) is 33.4. The van der Waals surface area contributed by atoms with Crippen molar-refractivity contribution >= 4 is 11.8 Å². The molecule has 3 saturated carbocycles. The zero-order valence-electron chi connectivity index (χ0n) is 28.4. The van der Waals surface area contributed by atoms with Crippen LogP contribution in [-0.4, -0.2) is 118 Å². The van der Waals surface area contributed by atoms with E-state index in [-0.39, 0.29) is 23.0 Å². The second kappa shape index (κ2) is 12.9. The molecule has 42 heavy (non-hydrogen) atoms. The second-order valence-corrected chi connectivity index (χ2v) is 16.7. The summed E-state index contributed by atoms with van der Waals surface area (Å²) < 4.78 is 1.71. The lowest BCUT2D eigenvalue weighted by Crippen LogP contribution is -2.51. The Morgan fingerprint density at radius 3 is 2.40 bits per heavy atom. The molecule has 7 atom stereocenters. The number of quaternary nitrogens is 2. The smallest absolute Gasteiger partial charge is 0.393 e. The van der Waals surface area contributed by atoms with Crippen molar-refractivity contribution in [1.29, 1.82) is 0 Å². The fourth-order valence-electron chi connectivity index (χ4n) is 9.03. The maximum absolute atomic E-state index is 13.3. The Morgan fingerprint density at radius 2 is 1.71 bits per heavy atom. The molecular weight excluding hydrogens is 526 g/mol. The zero-order valence-corrected chi connectivity index (χ0v) is 28.4. The predicted molar refractivity (Wildman–Crippen MR) is 171 cm³/mol. The molecule has 8 nitrogen and oxygen atoms in total. The van der Waals surface area contributed by atoms with Crippen molar-refractivity contribution in [3.63, 3.8) is 0 Å². The standard InChI is InChI=1S/C34H63N5O3/c1-25(36-42-32(41)37(21-23-39(7,8)9)20-18-35-19-22-38(4,5)6)29-12-13-30-28-11-10-26-24-27(40)14-16-33(26,2)31(28)15-17-34(29,30)3/h10,27-31,35,40H,11-24H2,1-9H3/q+2/b36-25+/t27-,28-,29+,30-,31-,33-,34+/m0/s1. The van der Waals surface area contributed by atoms with E-state index in [0.717, 1.165) is 78.9 Å². The number of hydrogen-bond acceptors (Lipinski definition) is 5. The summed E-state index contributed by atoms with van der Waals surface area (Å²) in [6.45, 7) is 11.9. The second-order valence-electron chi connectivity index (χ2n) is 16.7. The monoisotopic (exact) mass is 589 g/mol. The summed E-state index contributed by atoms with van der Waals surface area (Å²) in [7, 11) is 13.0. The number of aliphatic hydroxyl groups is 1. The van der Waals surface area contributed by atoms with Crippen molar-refractivity contribution < 1.29 is 23.7 Å². The van der Waals surface area contributed by atoms with Gasteiger partial charge in [0.15, 0.2) is 0 Å². The van der Waals surface area contributed by atoms with Crippen molar-refractivity contribution in [2.75, 3.05) is 81.6 Å². The van der Waals surface area contributed by atoms with Crippen LogP contribution in [0.4, 0.5) is 4.79 Å². The third-order valence-electron chi connectivity index (χ3n) is 11.7. The molecule has 0 spiro atoms. The van der Waals surface area contributed by atoms with Crippen LogP contribution in [-0.2, 0) is 4.84 Å². The number of likely N-dealkylation sites (N-methyl/N-ethyl adjacent to an activating group) is 2. The summed E-state index contributed by atoms with van der Waals surface area (Å²) in [5, 5.41) is 18.4. The SMILES string of the molecule is C/C(=N\OC(=O)N(CCNCC[N+](C)(C)C)CC[N+](C)(C)C)[C@H]1CC[C@H]2[C@@H]3CC=C4C[C@@H](O)CC[C@]4(C)[C@H]3CC[C@]12C. The first-order chi connectivity index (χ1) is 19.5. The number of fused-ring (bicyclic) bond motifs is 5. The molecule has 1 amide bonds. The molecule has 0 bridgehead atoms. The molecule has 8 heteroatoms. The lowest BCUT2D eigenvalue weighted by atomic mass is 9.47. The van der Waals surface area contributed by atoms with Crippen molar-refractivity contribution in [1.82, 2.24) is 10.2 Å². The van der Waals surface area contributed by atoms with Crippen LogP contribution in [0, 0.1) is 34.5 Å². The molecule has 2 N–H and O–H groups in total. The minimum Gasteiger partial charge on any atom is -0.393 e. The molecule has 3 fully saturated rings. The fraction of sp³-hybridized carbons (Fsp3) is 0.882. The van der Waals surface area contributed by atoms with E-state index in [0.29, 0.717) is 30.8 Å². The summed E-state index contributed by atoms with van der Waals surface area (Å²) in [6.07, 6.45) is 10.9. The Hall–Kier alpha value is -1.48. The molecule has 4 aliphatic carbocycles. The topological polar surface area (TPSA) is 74.2 Å². The highest BCUT2D eigenvalue weighted by atomic mass is 16.7. The Bertz CT molecular complexity index is 1010. The molecule has 0 saturated heterocycles. The maximum atomic E-state index is 13.3. The molecule has 0 heterocycles. The third-order valence-corrected chi connectivity index (χ3v) is 11.7. The maximum Gasteiger partial charge on any atom is 0.436 e. The number of aliphatic hydroxyl groups excluding tert-OH is 1. The zero-order chi connectivity index (χ0) is 30.9. The number of oxime groups is 1. The van der Waals surface area contributed by atoms with Crippen molar-refractivity contribution in [2.45, 2.75) is 78.2 Å². The quantitative estimate of drug-likeness (QED) is 0.0912. The first-order valence-corrected chi connectivity index (χ1v) is 16.7. The first-order valence-electron chi connectivity index (χ1n) is 16.7. The van der Waals surface area contributed by atoms with E-state index in [1.807, 2.05) is 4.90 Å². The van der Waals surface area contributed by atoms with Gasteiger partial charge in [0.1, 0.15) is 0 Å². The van der Waals surface area contributed by atoms with Gasteiger partial charge >= 0.3 is 6.09 Å². The van der Waals surface area contributed by atoms with Gasteiger partial charge in [-0.1, -0.05) is 30.7 Å². The molecule has 0 aromatic carbocycles. The van der Waals surface area contributed by atoms with Gasteiger partial charge in [-0.2, -0.15) is 0 Å². The lowest BCUT2D eigenvalue weighted by Gasteiger charge is -2.58. The summed E-state index contributed by atoms with van der Waals surface area (Å²) >= 11 is 0. The van der Waals surface area contributed by atoms with E-state index in [2.05, 4.69) is 79.6 Å². The molecule has 4 rings (SSSR count). The van der Waals surface area contributed by atoms with E-state index < -0.39 is 0 Å². The minimum absolute atomic E-state index is 0.153. The predicted octanol–water partition coefficient (Wildman–Crippen LogP) is 4.74. The Balaban J connectivity index is 1.38. The van der Waals surface area contributed by atoms with E-state index in [9.17, 15) is 9.90 Å². The molecule has 0 unspecified atom stereocenters. The van der Waals surface area contributed by atoms with Gasteiger partial charge in [-0.15, -0.1) is 0 Å². The van der Waals surface area contributed by atoms with Gasteiger partial charge in [0.05, 0.1) is 73.7 Å². The molecule has 0 aliphatic heterocycles. The minimum atomic E-state index is -0.336. The number of carbonyl (C=O) groups is 1. The van der Waals surface area contributed by atoms with Gasteiger partial charge < -0.3 is 19.4 Å². The van der Waals surface area contributed by atoms with Gasteiger partial charge in [-0.25, -0.2) is 4.79 Å². The summed E-state index contributed by atoms with van der Waals surface area (Å²) in [5.41, 5.74) is 2.98. The lowest BCUT2D eigenvalue weighted by molar-refractivity contribution is -0.869. The number of allylic oxidation sites excluding steroid dienone is 1. The molecule has 240 valence electrons. The number of nitrogens with zero attached hydrogens (tertiary/aromatic N) is 4. The van der Waals surface area contributed by atoms with Crippen molar-refractivity contribution in [3.05, 3.63) is 11.6 Å². The molecule has 0 radical (unpaired) electrons. The van der Waals surface area contributed by atoms with E-state index >= 15 is 0 Å². The van der Waals surface area contributed by atoms with Crippen LogP contribution in [0.5, 0.6) is 0 Å². The fourth-order valence-corrected chi connectivity index (χ4v) is 9.03. The number of carbonyl (C=O) groups excluding carboxylic acids is 1. The molecule has 0 aromatic rings. The van der Waals surface area contributed by atoms with Crippen molar-refractivity contribution in [2.24, 2.45) is 39.7 Å². The number of nitrogens with one attached hydrogen (secondary N) is 1. The van der Waals surface area contributed by atoms with E-state index in [1.54, 1.807) is 0 Å². The van der Waals surface area contributed by atoms with E-state index in [4.69, 9.17) is 4.84 Å². The van der Waals surface area contributed by atoms with E-state index in [1.165, 1.54) is 24.8 Å². The van der Waals surface area contributed by atoms with Crippen LogP contribution in [0.3, 0.4) is 0 Å². The Labute approximate surface area is 256 Å². The van der Waals surface area contributed by atoms with Gasteiger partial charge in [0.25, 0.3) is 0 Å². The third kappa shape index (κ3) is 7.59. The van der Waals surface area contributed by atoms with Gasteiger partial charge in [-0.3, -0.25) is 9.74 Å². The van der Waals surface area contributed by atoms with Crippen LogP contribution in [0.1, 0.15) is 72.1 Å². The Morgan fingerprint density at radius 1 is 1.00 bits per heavy atom. The highest BCUT2D eigenvalue weighted by molar-refractivity contribution is 5.85. The number of hydrogen-bond donors (Lipinski definition) is 2. The highest BCUT2D eigenvalue weighted by Gasteiger charge is 2.59. The summed E-state index contributed by atoms with van der Waals surface area (Å²) in [5.74, 6) is 2.48. The normalized spacial score (nSPS) is 35.1. The van der Waals surface area contributed by atoms with Crippen LogP contribution < -0.4 is 5.32 Å². The van der Waals surface area contributed by atoms with Crippen molar-refractivity contribution in [3.8, 4) is 0 Å². The largest absolute Gasteiger partial charge is 0.436 e. The Kier molecular flexibility index (Phi) is 10.2. The van der Waals surface area contributed by atoms with Crippen LogP contribution >= 0.6 is 0 Å². The van der Waals surface area contributed by atoms with Gasteiger partial charge in [0.2, 0.25) is 0 Å². The number of rotatable bonds is 11. The van der Waals surface area contributed by atoms with Gasteiger partial charge in [-0.05, 0) is 86.9 Å². The molecule has 0 aromatic heterocycles. The average molecular weight is 590 g/mol. The van der Waals surface area contributed by atoms with Gasteiger partial charge in [0, 0.05) is 25.6 Å². The number of amides is 1. The average Bonchev–Trinajstić information content (AvgIpc) is 3.25.